The van der Waals surface area contributed by atoms with Crippen molar-refractivity contribution in [3.63, 3.8) is 0 Å². The van der Waals surface area contributed by atoms with E-state index in [-0.39, 0.29) is 48.0 Å². The van der Waals surface area contributed by atoms with Crippen molar-refractivity contribution in [2.45, 2.75) is 113 Å². The third kappa shape index (κ3) is 6.66. The molecule has 3 saturated heterocycles. The maximum Gasteiger partial charge on any atom is 0.256 e. The molecule has 11 atom stereocenters. The van der Waals surface area contributed by atoms with Gasteiger partial charge in [0.15, 0.2) is 5.78 Å². The molecule has 7 aliphatic rings. The van der Waals surface area contributed by atoms with E-state index in [1.165, 1.54) is 19.3 Å². The number of amides is 1. The Morgan fingerprint density at radius 1 is 0.978 bits per heavy atom. The highest BCUT2D eigenvalue weighted by Gasteiger charge is 2.61. The van der Waals surface area contributed by atoms with E-state index in [9.17, 15) is 9.59 Å². The number of rotatable bonds is 11. The number of alkyl halides is 1. The first-order valence-electron chi connectivity index (χ1n) is 18.3. The lowest BCUT2D eigenvalue weighted by molar-refractivity contribution is -0.209. The van der Waals surface area contributed by atoms with Crippen LogP contribution in [0.4, 0.5) is 4.39 Å². The predicted molar refractivity (Wildman–Crippen MR) is 172 cm³/mol. The van der Waals surface area contributed by atoms with Gasteiger partial charge in [-0.2, -0.15) is 0 Å². The van der Waals surface area contributed by atoms with Crippen LogP contribution >= 0.6 is 0 Å². The normalized spacial score (nSPS) is 40.5. The maximum atomic E-state index is 16.2. The van der Waals surface area contributed by atoms with Crippen LogP contribution < -0.4 is 10.6 Å². The lowest BCUT2D eigenvalue weighted by Gasteiger charge is -2.60. The van der Waals surface area contributed by atoms with E-state index in [1.54, 1.807) is 0 Å². The predicted octanol–water partition coefficient (Wildman–Crippen LogP) is 2.12. The molecule has 6 fully saturated rings. The molecule has 0 aromatic carbocycles. The average molecular weight is 646 g/mol. The molecular weight excluding hydrogens is 589 g/mol. The smallest absolute Gasteiger partial charge is 0.256 e. The van der Waals surface area contributed by atoms with E-state index in [4.69, 9.17) is 14.2 Å². The van der Waals surface area contributed by atoms with Gasteiger partial charge in [-0.05, 0) is 96.9 Å². The van der Waals surface area contributed by atoms with Gasteiger partial charge in [-0.25, -0.2) is 4.39 Å². The van der Waals surface area contributed by atoms with Crippen molar-refractivity contribution in [2.75, 3.05) is 66.6 Å². The number of Topliss-reactive ketones (excluding diaryl/α,β-unsaturated/α-hetero) is 1. The summed E-state index contributed by atoms with van der Waals surface area (Å²) in [6.07, 6.45) is 10.1. The number of fused-ring (bicyclic) bond motifs is 5. The first-order chi connectivity index (χ1) is 22.4. The molecule has 2 N–H and O–H groups in total. The van der Waals surface area contributed by atoms with Gasteiger partial charge in [-0.3, -0.25) is 14.5 Å². The summed E-state index contributed by atoms with van der Waals surface area (Å²) in [5.74, 6) is -0.124. The van der Waals surface area contributed by atoms with Crippen LogP contribution in [0.5, 0.6) is 0 Å². The highest BCUT2D eigenvalue weighted by molar-refractivity contribution is 6.20. The minimum Gasteiger partial charge on any atom is -0.379 e. The number of ether oxygens (including phenoxy) is 3. The molecular formula is C35H56FN5O5. The van der Waals surface area contributed by atoms with Gasteiger partial charge < -0.3 is 34.6 Å². The summed E-state index contributed by atoms with van der Waals surface area (Å²) in [5, 5.41) is 6.56. The zero-order valence-electron chi connectivity index (χ0n) is 27.9. The summed E-state index contributed by atoms with van der Waals surface area (Å²) in [7, 11) is 4.14. The number of halogens is 1. The third-order valence-corrected chi connectivity index (χ3v) is 12.1. The van der Waals surface area contributed by atoms with Gasteiger partial charge in [0.1, 0.15) is 6.17 Å². The lowest BCUT2D eigenvalue weighted by atomic mass is 9.67. The van der Waals surface area contributed by atoms with Gasteiger partial charge in [-0.1, -0.05) is 12.8 Å². The minimum absolute atomic E-state index is 0.0132. The van der Waals surface area contributed by atoms with Crippen LogP contribution in [0.25, 0.3) is 0 Å². The van der Waals surface area contributed by atoms with Crippen molar-refractivity contribution >= 4 is 11.7 Å². The van der Waals surface area contributed by atoms with Gasteiger partial charge >= 0.3 is 0 Å². The molecule has 0 bridgehead atoms. The van der Waals surface area contributed by atoms with Crippen molar-refractivity contribution < 1.29 is 28.2 Å². The Bertz CT molecular complexity index is 1120. The first-order valence-corrected chi connectivity index (χ1v) is 18.3. The highest BCUT2D eigenvalue weighted by atomic mass is 19.1. The van der Waals surface area contributed by atoms with Crippen molar-refractivity contribution in [1.29, 1.82) is 0 Å². The van der Waals surface area contributed by atoms with Crippen LogP contribution in [0, 0.1) is 17.8 Å². The molecule has 7 rings (SSSR count). The number of unbranched alkanes of at least 4 members (excludes halogenated alkanes) is 1. The van der Waals surface area contributed by atoms with Gasteiger partial charge in [-0.15, -0.1) is 0 Å². The van der Waals surface area contributed by atoms with Crippen molar-refractivity contribution in [2.24, 2.45) is 17.8 Å². The molecule has 11 heteroatoms. The quantitative estimate of drug-likeness (QED) is 0.259. The fourth-order valence-electron chi connectivity index (χ4n) is 9.88. The zero-order chi connectivity index (χ0) is 31.8. The van der Waals surface area contributed by atoms with E-state index in [1.807, 2.05) is 6.20 Å². The lowest BCUT2D eigenvalue weighted by Crippen LogP contribution is -2.73. The summed E-state index contributed by atoms with van der Waals surface area (Å²) >= 11 is 0. The Labute approximate surface area is 274 Å². The molecule has 0 spiro atoms. The number of carbonyl (C=O) groups is 2. The standard InChI is InChI=1S/C35H56FN5O5/c1-39(2)12-6-5-10-37-31-26(36)18-24-32-34(31)46-30-19-23-22-8-3-4-9-28(22)45-29(23)20-27(30)41(32)21-25(33(24)42)35(43)38-11-7-13-40-14-16-44-17-15-40/h21-24,26-32,34,37H,3-20H2,1-2H3,(H,38,43). The minimum atomic E-state index is -1.22. The number of hydrogen-bond donors (Lipinski definition) is 2. The second kappa shape index (κ2) is 14.5. The van der Waals surface area contributed by atoms with Crippen LogP contribution in [0.3, 0.4) is 0 Å². The van der Waals surface area contributed by atoms with Crippen LogP contribution in [0.2, 0.25) is 0 Å². The summed E-state index contributed by atoms with van der Waals surface area (Å²) in [4.78, 5) is 34.4. The molecule has 10 nitrogen and oxygen atoms in total. The Hall–Kier alpha value is -1.63. The summed E-state index contributed by atoms with van der Waals surface area (Å²) in [5.41, 5.74) is 0.178. The van der Waals surface area contributed by atoms with Crippen molar-refractivity contribution in [3.05, 3.63) is 11.8 Å². The number of ketones is 1. The third-order valence-electron chi connectivity index (χ3n) is 12.1. The van der Waals surface area contributed by atoms with E-state index >= 15 is 4.39 Å². The molecule has 3 saturated carbocycles. The molecule has 258 valence electrons. The van der Waals surface area contributed by atoms with Crippen LogP contribution in [-0.4, -0.2) is 142 Å². The summed E-state index contributed by atoms with van der Waals surface area (Å²) in [6.45, 7) is 6.40. The van der Waals surface area contributed by atoms with E-state index < -0.39 is 24.2 Å². The Morgan fingerprint density at radius 3 is 2.63 bits per heavy atom. The average Bonchev–Trinajstić information content (AvgIpc) is 3.42. The number of hydrogen-bond acceptors (Lipinski definition) is 9. The summed E-state index contributed by atoms with van der Waals surface area (Å²) < 4.78 is 35.3. The van der Waals surface area contributed by atoms with Crippen LogP contribution in [-0.2, 0) is 23.8 Å². The van der Waals surface area contributed by atoms with Gasteiger partial charge in [0.2, 0.25) is 0 Å². The van der Waals surface area contributed by atoms with E-state index in [0.29, 0.717) is 31.0 Å². The number of nitrogens with zero attached hydrogens (tertiary/aromatic N) is 3. The Kier molecular flexibility index (Phi) is 10.3. The SMILES string of the molecule is CN(C)CCCCNC1C(F)CC2C(=O)C(C(=O)NCCCN3CCOCC3)=CN3C4CC5OC6CCCCC6C5CC4OC1C23. The van der Waals surface area contributed by atoms with E-state index in [0.717, 1.165) is 77.9 Å². The molecule has 11 unspecified atom stereocenters. The second-order valence-corrected chi connectivity index (χ2v) is 15.3. The topological polar surface area (TPSA) is 95.6 Å². The highest BCUT2D eigenvalue weighted by Crippen LogP contribution is 2.52. The molecule has 0 radical (unpaired) electrons. The van der Waals surface area contributed by atoms with Crippen molar-refractivity contribution in [1.82, 2.24) is 25.3 Å². The van der Waals surface area contributed by atoms with Crippen molar-refractivity contribution in [3.8, 4) is 0 Å². The molecule has 4 heterocycles. The van der Waals surface area contributed by atoms with E-state index in [2.05, 4.69) is 39.4 Å². The summed E-state index contributed by atoms with van der Waals surface area (Å²) in [6, 6.07) is -0.738. The van der Waals surface area contributed by atoms with Gasteiger partial charge in [0.05, 0.1) is 61.3 Å². The molecule has 0 aromatic rings. The fourth-order valence-corrected chi connectivity index (χ4v) is 9.88. The first kappa shape index (κ1) is 32.9. The number of nitrogens with one attached hydrogen (secondary N) is 2. The maximum absolute atomic E-state index is 16.2. The molecule has 1 amide bonds. The largest absolute Gasteiger partial charge is 0.379 e. The number of morpholine rings is 2. The zero-order valence-corrected chi connectivity index (χ0v) is 27.9. The number of carbonyl (C=O) groups excluding carboxylic acids is 2. The fraction of sp³-hybridized carbons (Fsp3) is 0.886. The van der Waals surface area contributed by atoms with Crippen LogP contribution in [0.1, 0.15) is 64.2 Å². The van der Waals surface area contributed by atoms with Crippen LogP contribution in [0.15, 0.2) is 11.8 Å². The molecule has 46 heavy (non-hydrogen) atoms. The molecule has 0 aromatic heterocycles. The molecule has 4 aliphatic heterocycles. The Balaban J connectivity index is 1.09. The monoisotopic (exact) mass is 645 g/mol. The second-order valence-electron chi connectivity index (χ2n) is 15.3. The van der Waals surface area contributed by atoms with Gasteiger partial charge in [0, 0.05) is 31.8 Å². The molecule has 3 aliphatic carbocycles. The van der Waals surface area contributed by atoms with Gasteiger partial charge in [0.25, 0.3) is 5.91 Å². The Morgan fingerprint density at radius 2 is 1.80 bits per heavy atom.